The van der Waals surface area contributed by atoms with Gasteiger partial charge in [0.05, 0.1) is 23.1 Å². The number of pyridine rings is 2. The first-order chi connectivity index (χ1) is 23.9. The molecule has 2 unspecified atom stereocenters. The molecule has 0 radical (unpaired) electrons. The summed E-state index contributed by atoms with van der Waals surface area (Å²) in [6.45, 7) is 4.29. The normalized spacial score (nSPS) is 12.4. The van der Waals surface area contributed by atoms with Crippen LogP contribution in [0.2, 0.25) is 0 Å². The number of halogens is 2. The summed E-state index contributed by atoms with van der Waals surface area (Å²) >= 11 is -2.82. The molecule has 2 atom stereocenters. The Hall–Kier alpha value is -5.47. The second-order valence-electron chi connectivity index (χ2n) is 11.8. The van der Waals surface area contributed by atoms with Crippen molar-refractivity contribution < 1.29 is 32.2 Å². The molecule has 0 fully saturated rings. The molecule has 4 N–H and O–H groups in total. The lowest BCUT2D eigenvalue weighted by Gasteiger charge is -2.30. The van der Waals surface area contributed by atoms with Crippen LogP contribution in [0.4, 0.5) is 20.3 Å². The van der Waals surface area contributed by atoms with Crippen LogP contribution >= 0.6 is 0 Å². The zero-order chi connectivity index (χ0) is 36.1. The van der Waals surface area contributed by atoms with Gasteiger partial charge in [0, 0.05) is 31.0 Å². The predicted octanol–water partition coefficient (Wildman–Crippen LogP) is 5.28. The average Bonchev–Trinajstić information content (AvgIpc) is 3.07. The van der Waals surface area contributed by atoms with Crippen molar-refractivity contribution in [3.63, 3.8) is 0 Å². The molecule has 50 heavy (non-hydrogen) atoms. The van der Waals surface area contributed by atoms with Gasteiger partial charge in [-0.25, -0.2) is 22.8 Å². The highest BCUT2D eigenvalue weighted by Gasteiger charge is 2.33. The fraction of sp³-hybridized carbons (Fsp3) is 0.222. The zero-order valence-corrected chi connectivity index (χ0v) is 28.3. The highest BCUT2D eigenvalue weighted by molar-refractivity contribution is 7.80. The third kappa shape index (κ3) is 7.71. The van der Waals surface area contributed by atoms with Crippen LogP contribution in [0.3, 0.4) is 0 Å². The molecule has 0 aliphatic heterocycles. The van der Waals surface area contributed by atoms with Gasteiger partial charge in [-0.05, 0) is 62.1 Å². The largest absolute Gasteiger partial charge is 0.480 e. The summed E-state index contributed by atoms with van der Waals surface area (Å²) in [5.41, 5.74) is 1.00. The summed E-state index contributed by atoms with van der Waals surface area (Å²) < 4.78 is 56.5. The highest BCUT2D eigenvalue weighted by Crippen LogP contribution is 2.29. The fourth-order valence-corrected chi connectivity index (χ4v) is 6.81. The number of amides is 1. The maximum atomic E-state index is 16.2. The van der Waals surface area contributed by atoms with Crippen molar-refractivity contribution in [3.8, 4) is 0 Å². The number of rotatable bonds is 13. The number of hydrogen-bond acceptors (Lipinski definition) is 6. The Morgan fingerprint density at radius 1 is 1.02 bits per heavy atom. The minimum Gasteiger partial charge on any atom is -0.480 e. The van der Waals surface area contributed by atoms with E-state index in [1.165, 1.54) is 10.8 Å². The van der Waals surface area contributed by atoms with Crippen LogP contribution in [0, 0.1) is 32.4 Å². The lowest BCUT2D eigenvalue weighted by Crippen LogP contribution is -2.50. The maximum absolute atomic E-state index is 16.2. The van der Waals surface area contributed by atoms with E-state index < -0.39 is 58.4 Å². The quantitative estimate of drug-likeness (QED) is 0.121. The smallest absolute Gasteiger partial charge is 0.329 e. The van der Waals surface area contributed by atoms with E-state index >= 15 is 8.78 Å². The summed E-state index contributed by atoms with van der Waals surface area (Å²) in [5, 5.41) is 15.0. The van der Waals surface area contributed by atoms with Crippen LogP contribution < -0.4 is 20.4 Å². The Morgan fingerprint density at radius 2 is 1.70 bits per heavy atom. The van der Waals surface area contributed by atoms with Gasteiger partial charge in [-0.1, -0.05) is 54.1 Å². The molecule has 0 bridgehead atoms. The van der Waals surface area contributed by atoms with Gasteiger partial charge in [0.2, 0.25) is 5.43 Å². The van der Waals surface area contributed by atoms with Gasteiger partial charge in [0.15, 0.2) is 11.9 Å². The van der Waals surface area contributed by atoms with Crippen molar-refractivity contribution in [2.24, 2.45) is 0 Å². The predicted molar refractivity (Wildman–Crippen MR) is 187 cm³/mol. The summed E-state index contributed by atoms with van der Waals surface area (Å²) in [6, 6.07) is 16.9. The molecule has 0 aliphatic rings. The summed E-state index contributed by atoms with van der Waals surface area (Å²) in [7, 11) is 0. The van der Waals surface area contributed by atoms with Crippen molar-refractivity contribution >= 4 is 45.6 Å². The van der Waals surface area contributed by atoms with Crippen molar-refractivity contribution in [1.29, 1.82) is 0 Å². The third-order valence-corrected chi connectivity index (χ3v) is 9.01. The Bertz CT molecular complexity index is 2120. The van der Waals surface area contributed by atoms with Gasteiger partial charge < -0.3 is 20.3 Å². The first-order valence-electron chi connectivity index (χ1n) is 15.6. The van der Waals surface area contributed by atoms with E-state index in [9.17, 15) is 28.3 Å². The number of carbonyl (C=O) groups excluding carboxylic acids is 1. The Labute approximate surface area is 289 Å². The molecule has 3 aromatic carbocycles. The number of anilines is 2. The van der Waals surface area contributed by atoms with Crippen LogP contribution in [-0.2, 0) is 35.6 Å². The van der Waals surface area contributed by atoms with Crippen molar-refractivity contribution in [2.45, 2.75) is 46.3 Å². The van der Waals surface area contributed by atoms with Crippen molar-refractivity contribution in [3.05, 3.63) is 134 Å². The summed E-state index contributed by atoms with van der Waals surface area (Å²) in [5.74, 6) is -4.16. The van der Waals surface area contributed by atoms with E-state index in [4.69, 9.17) is 0 Å². The Morgan fingerprint density at radius 3 is 2.32 bits per heavy atom. The standard InChI is InChI=1S/C36H35F2N5O6S/c1-21-15-22(2)32(23(3)16-21)43(50(48)49)29(36(46)47)19-41-35(45)27-20-42(14-12-24-9-5-4-6-10-24)33-25(34(27)44)17-28(37)26(31(33)38)18-40-30-11-7-8-13-39-30/h4-11,13,15-17,20,29H,12,14,18-19H2,1-3H3,(H,39,40)(H,41,45)(H,46,47)(H,48,49). The lowest BCUT2D eigenvalue weighted by atomic mass is 10.0. The summed E-state index contributed by atoms with van der Waals surface area (Å²) in [6.07, 6.45) is 3.05. The van der Waals surface area contributed by atoms with Crippen LogP contribution in [0.15, 0.2) is 83.9 Å². The van der Waals surface area contributed by atoms with Gasteiger partial charge in [-0.15, -0.1) is 0 Å². The number of benzene rings is 3. The molecule has 0 aliphatic carbocycles. The number of fused-ring (bicyclic) bond motifs is 1. The highest BCUT2D eigenvalue weighted by atomic mass is 32.2. The fourth-order valence-electron chi connectivity index (χ4n) is 5.98. The molecular formula is C36H35F2N5O6S. The SMILES string of the molecule is Cc1cc(C)c(N(C(CNC(=O)c2cn(CCc3ccccc3)c3c(F)c(CNc4ccccn4)c(F)cc3c2=O)C(=O)O)S(=O)O)c(C)c1. The molecular weight excluding hydrogens is 668 g/mol. The number of aromatic nitrogens is 2. The molecule has 2 heterocycles. The van der Waals surface area contributed by atoms with Gasteiger partial charge in [-0.3, -0.25) is 18.4 Å². The number of aryl methyl sites for hydroxylation is 5. The number of carboxylic acid groups (broad SMARTS) is 1. The van der Waals surface area contributed by atoms with Crippen LogP contribution in [0.25, 0.3) is 10.9 Å². The second kappa shape index (κ2) is 15.4. The van der Waals surface area contributed by atoms with Gasteiger partial charge >= 0.3 is 5.97 Å². The van der Waals surface area contributed by atoms with E-state index in [2.05, 4.69) is 15.6 Å². The van der Waals surface area contributed by atoms with Gasteiger partial charge in [-0.2, -0.15) is 0 Å². The minimum atomic E-state index is -2.82. The Kier molecular flexibility index (Phi) is 11.0. The van der Waals surface area contributed by atoms with E-state index in [1.807, 2.05) is 37.3 Å². The van der Waals surface area contributed by atoms with Crippen LogP contribution in [0.5, 0.6) is 0 Å². The molecule has 11 nitrogen and oxygen atoms in total. The molecule has 5 aromatic rings. The van der Waals surface area contributed by atoms with E-state index in [-0.39, 0.29) is 35.2 Å². The summed E-state index contributed by atoms with van der Waals surface area (Å²) in [4.78, 5) is 43.8. The van der Waals surface area contributed by atoms with Crippen molar-refractivity contribution in [1.82, 2.24) is 14.9 Å². The molecule has 5 rings (SSSR count). The molecule has 1 amide bonds. The molecule has 0 spiro atoms. The number of hydrogen-bond donors (Lipinski definition) is 4. The number of carboxylic acids is 1. The van der Waals surface area contributed by atoms with E-state index in [0.29, 0.717) is 23.4 Å². The van der Waals surface area contributed by atoms with Crippen LogP contribution in [0.1, 0.15) is 38.2 Å². The van der Waals surface area contributed by atoms with E-state index in [1.54, 1.807) is 44.2 Å². The number of nitrogens with zero attached hydrogens (tertiary/aromatic N) is 3. The second-order valence-corrected chi connectivity index (χ2v) is 12.6. The monoisotopic (exact) mass is 703 g/mol. The molecule has 14 heteroatoms. The number of aliphatic carboxylic acids is 1. The van der Waals surface area contributed by atoms with Crippen molar-refractivity contribution in [2.75, 3.05) is 16.2 Å². The molecule has 0 saturated heterocycles. The Balaban J connectivity index is 1.53. The third-order valence-electron chi connectivity index (χ3n) is 8.24. The first kappa shape index (κ1) is 35.8. The number of nitrogens with one attached hydrogen (secondary N) is 2. The van der Waals surface area contributed by atoms with Gasteiger partial charge in [0.25, 0.3) is 17.2 Å². The number of carbonyl (C=O) groups is 2. The zero-order valence-electron chi connectivity index (χ0n) is 27.4. The maximum Gasteiger partial charge on any atom is 0.329 e. The topological polar surface area (TPSA) is 154 Å². The van der Waals surface area contributed by atoms with E-state index in [0.717, 1.165) is 27.7 Å². The molecule has 2 aromatic heterocycles. The molecule has 260 valence electrons. The first-order valence-corrected chi connectivity index (χ1v) is 16.7. The van der Waals surface area contributed by atoms with Crippen LogP contribution in [-0.4, -0.2) is 47.9 Å². The van der Waals surface area contributed by atoms with Gasteiger partial charge in [0.1, 0.15) is 17.2 Å². The minimum absolute atomic E-state index is 0.0950. The average molecular weight is 704 g/mol. The molecule has 0 saturated carbocycles. The lowest BCUT2D eigenvalue weighted by molar-refractivity contribution is -0.138.